The lowest BCUT2D eigenvalue weighted by molar-refractivity contribution is 0.0953. The van der Waals surface area contributed by atoms with E-state index in [1.54, 1.807) is 6.07 Å². The van der Waals surface area contributed by atoms with Gasteiger partial charge in [0.1, 0.15) is 0 Å². The number of anilines is 1. The van der Waals surface area contributed by atoms with Gasteiger partial charge in [-0.05, 0) is 36.1 Å². The highest BCUT2D eigenvalue weighted by Gasteiger charge is 2.17. The Morgan fingerprint density at radius 3 is 3.13 bits per heavy atom. The van der Waals surface area contributed by atoms with Crippen LogP contribution in [-0.2, 0) is 0 Å². The Bertz CT molecular complexity index is 389. The minimum absolute atomic E-state index is 0.240. The zero-order chi connectivity index (χ0) is 10.8. The third-order valence-corrected chi connectivity index (χ3v) is 2.87. The Kier molecular flexibility index (Phi) is 2.60. The Morgan fingerprint density at radius 2 is 2.40 bits per heavy atom. The molecule has 1 aromatic carbocycles. The summed E-state index contributed by atoms with van der Waals surface area (Å²) >= 11 is 0. The molecule has 15 heavy (non-hydrogen) atoms. The number of benzene rings is 1. The minimum atomic E-state index is -0.240. The van der Waals surface area contributed by atoms with E-state index in [9.17, 15) is 4.79 Å². The number of nitrogens with one attached hydrogen (secondary N) is 2. The van der Waals surface area contributed by atoms with Crippen LogP contribution in [-0.4, -0.2) is 12.5 Å². The van der Waals surface area contributed by atoms with Gasteiger partial charge < -0.3 is 5.32 Å². The number of fused-ring (bicyclic) bond motifs is 1. The van der Waals surface area contributed by atoms with Gasteiger partial charge in [-0.15, -0.1) is 0 Å². The van der Waals surface area contributed by atoms with E-state index in [-0.39, 0.29) is 5.91 Å². The summed E-state index contributed by atoms with van der Waals surface area (Å²) in [5.41, 5.74) is 5.08. The second kappa shape index (κ2) is 3.90. The molecule has 2 rings (SSSR count). The zero-order valence-corrected chi connectivity index (χ0v) is 8.71. The summed E-state index contributed by atoms with van der Waals surface area (Å²) < 4.78 is 0. The van der Waals surface area contributed by atoms with Crippen LogP contribution in [0.4, 0.5) is 5.69 Å². The highest BCUT2D eigenvalue weighted by molar-refractivity contribution is 5.94. The third-order valence-electron chi connectivity index (χ3n) is 2.87. The standard InChI is InChI=1S/C11H15N3O/c1-7-4-5-13-10-3-2-8(6-9(7)10)11(15)14-12/h2-3,6-7,13H,4-5,12H2,1H3,(H,14,15)/t7-/m0/s1. The van der Waals surface area contributed by atoms with Crippen molar-refractivity contribution in [3.63, 3.8) is 0 Å². The molecule has 80 valence electrons. The van der Waals surface area contributed by atoms with E-state index in [1.165, 1.54) is 5.56 Å². The van der Waals surface area contributed by atoms with Crippen LogP contribution in [0.1, 0.15) is 35.2 Å². The molecular formula is C11H15N3O. The van der Waals surface area contributed by atoms with Crippen molar-refractivity contribution in [1.82, 2.24) is 5.43 Å². The van der Waals surface area contributed by atoms with E-state index in [2.05, 4.69) is 17.7 Å². The van der Waals surface area contributed by atoms with Crippen LogP contribution in [0.25, 0.3) is 0 Å². The predicted molar refractivity (Wildman–Crippen MR) is 59.6 cm³/mol. The summed E-state index contributed by atoms with van der Waals surface area (Å²) in [5, 5.41) is 3.31. The lowest BCUT2D eigenvalue weighted by Crippen LogP contribution is -2.30. The number of nitrogens with two attached hydrogens (primary N) is 1. The van der Waals surface area contributed by atoms with Crippen molar-refractivity contribution in [1.29, 1.82) is 0 Å². The molecule has 0 unspecified atom stereocenters. The Labute approximate surface area is 88.8 Å². The third kappa shape index (κ3) is 1.80. The van der Waals surface area contributed by atoms with Gasteiger partial charge in [-0.25, -0.2) is 5.84 Å². The molecule has 0 radical (unpaired) electrons. The molecule has 0 saturated heterocycles. The minimum Gasteiger partial charge on any atom is -0.385 e. The molecule has 4 nitrogen and oxygen atoms in total. The second-order valence-electron chi connectivity index (χ2n) is 3.89. The smallest absolute Gasteiger partial charge is 0.265 e. The number of rotatable bonds is 1. The van der Waals surface area contributed by atoms with Crippen molar-refractivity contribution in [3.8, 4) is 0 Å². The van der Waals surface area contributed by atoms with Gasteiger partial charge in [-0.2, -0.15) is 0 Å². The maximum atomic E-state index is 11.3. The summed E-state index contributed by atoms with van der Waals surface area (Å²) in [6.07, 6.45) is 1.10. The van der Waals surface area contributed by atoms with Gasteiger partial charge in [0.05, 0.1) is 0 Å². The monoisotopic (exact) mass is 205 g/mol. The first-order valence-electron chi connectivity index (χ1n) is 5.11. The quantitative estimate of drug-likeness (QED) is 0.367. The number of hydrogen-bond acceptors (Lipinski definition) is 3. The summed E-state index contributed by atoms with van der Waals surface area (Å²) in [7, 11) is 0. The van der Waals surface area contributed by atoms with E-state index >= 15 is 0 Å². The zero-order valence-electron chi connectivity index (χ0n) is 8.71. The van der Waals surface area contributed by atoms with Crippen LogP contribution in [0.2, 0.25) is 0 Å². The van der Waals surface area contributed by atoms with Crippen LogP contribution < -0.4 is 16.6 Å². The van der Waals surface area contributed by atoms with Crippen LogP contribution in [0.15, 0.2) is 18.2 Å². The van der Waals surface area contributed by atoms with Crippen molar-refractivity contribution in [2.24, 2.45) is 5.84 Å². The Hall–Kier alpha value is -1.55. The SMILES string of the molecule is C[C@H]1CCNc2ccc(C(=O)NN)cc21. The van der Waals surface area contributed by atoms with Gasteiger partial charge in [0.25, 0.3) is 5.91 Å². The van der Waals surface area contributed by atoms with E-state index in [0.29, 0.717) is 11.5 Å². The van der Waals surface area contributed by atoms with Gasteiger partial charge in [0.2, 0.25) is 0 Å². The van der Waals surface area contributed by atoms with Gasteiger partial charge in [0, 0.05) is 17.8 Å². The molecule has 0 fully saturated rings. The average molecular weight is 205 g/mol. The van der Waals surface area contributed by atoms with Crippen LogP contribution in [0.3, 0.4) is 0 Å². The van der Waals surface area contributed by atoms with E-state index in [0.717, 1.165) is 18.7 Å². The molecular weight excluding hydrogens is 190 g/mol. The largest absolute Gasteiger partial charge is 0.385 e. The van der Waals surface area contributed by atoms with E-state index in [1.807, 2.05) is 12.1 Å². The maximum absolute atomic E-state index is 11.3. The Balaban J connectivity index is 2.39. The van der Waals surface area contributed by atoms with Crippen molar-refractivity contribution >= 4 is 11.6 Å². The number of amides is 1. The first-order valence-corrected chi connectivity index (χ1v) is 5.11. The molecule has 1 heterocycles. The Morgan fingerprint density at radius 1 is 1.60 bits per heavy atom. The van der Waals surface area contributed by atoms with Gasteiger partial charge in [-0.1, -0.05) is 6.92 Å². The van der Waals surface area contributed by atoms with Crippen LogP contribution in [0.5, 0.6) is 0 Å². The summed E-state index contributed by atoms with van der Waals surface area (Å²) in [6.45, 7) is 3.17. The van der Waals surface area contributed by atoms with E-state index in [4.69, 9.17) is 5.84 Å². The molecule has 4 heteroatoms. The molecule has 1 aromatic rings. The molecule has 0 bridgehead atoms. The fourth-order valence-electron chi connectivity index (χ4n) is 1.93. The number of hydrazine groups is 1. The molecule has 0 aromatic heterocycles. The summed E-state index contributed by atoms with van der Waals surface area (Å²) in [4.78, 5) is 11.3. The van der Waals surface area contributed by atoms with Gasteiger partial charge in [-0.3, -0.25) is 10.2 Å². The number of carbonyl (C=O) groups excluding carboxylic acids is 1. The molecule has 0 spiro atoms. The lowest BCUT2D eigenvalue weighted by Gasteiger charge is -2.24. The first-order chi connectivity index (χ1) is 7.22. The van der Waals surface area contributed by atoms with Crippen molar-refractivity contribution in [3.05, 3.63) is 29.3 Å². The van der Waals surface area contributed by atoms with Crippen LogP contribution >= 0.6 is 0 Å². The summed E-state index contributed by atoms with van der Waals surface area (Å²) in [5.74, 6) is 5.35. The van der Waals surface area contributed by atoms with Crippen molar-refractivity contribution in [2.75, 3.05) is 11.9 Å². The van der Waals surface area contributed by atoms with Crippen molar-refractivity contribution in [2.45, 2.75) is 19.3 Å². The molecule has 4 N–H and O–H groups in total. The summed E-state index contributed by atoms with van der Waals surface area (Å²) in [6, 6.07) is 5.63. The van der Waals surface area contributed by atoms with Gasteiger partial charge in [0.15, 0.2) is 0 Å². The number of nitrogen functional groups attached to an aromatic ring is 1. The number of hydrogen-bond donors (Lipinski definition) is 3. The highest BCUT2D eigenvalue weighted by Crippen LogP contribution is 2.31. The predicted octanol–water partition coefficient (Wildman–Crippen LogP) is 1.21. The topological polar surface area (TPSA) is 67.2 Å². The first kappa shape index (κ1) is 9.98. The fraction of sp³-hybridized carbons (Fsp3) is 0.364. The lowest BCUT2D eigenvalue weighted by atomic mass is 9.91. The molecule has 1 aliphatic heterocycles. The average Bonchev–Trinajstić information content (AvgIpc) is 2.28. The molecule has 1 aliphatic rings. The normalized spacial score (nSPS) is 18.9. The molecule has 1 atom stereocenters. The van der Waals surface area contributed by atoms with E-state index < -0.39 is 0 Å². The molecule has 0 aliphatic carbocycles. The second-order valence-corrected chi connectivity index (χ2v) is 3.89. The fourth-order valence-corrected chi connectivity index (χ4v) is 1.93. The van der Waals surface area contributed by atoms with Crippen LogP contribution in [0, 0.1) is 0 Å². The molecule has 1 amide bonds. The highest BCUT2D eigenvalue weighted by atomic mass is 16.2. The van der Waals surface area contributed by atoms with Gasteiger partial charge >= 0.3 is 0 Å². The molecule has 0 saturated carbocycles. The maximum Gasteiger partial charge on any atom is 0.265 e. The van der Waals surface area contributed by atoms with Crippen molar-refractivity contribution < 1.29 is 4.79 Å². The number of carbonyl (C=O) groups is 1.